The number of ether oxygens (including phenoxy) is 2. The molecule has 0 amide bonds. The second-order valence-electron chi connectivity index (χ2n) is 6.73. The molecule has 2 aromatic heterocycles. The fourth-order valence-corrected chi connectivity index (χ4v) is 4.97. The van der Waals surface area contributed by atoms with Gasteiger partial charge in [-0.1, -0.05) is 22.7 Å². The lowest BCUT2D eigenvalue weighted by Crippen LogP contribution is -2.19. The van der Waals surface area contributed by atoms with Crippen LogP contribution in [0.4, 0.5) is 0 Å². The van der Waals surface area contributed by atoms with Gasteiger partial charge in [0.05, 0.1) is 31.8 Å². The van der Waals surface area contributed by atoms with Gasteiger partial charge in [0.1, 0.15) is 11.5 Å². The van der Waals surface area contributed by atoms with Gasteiger partial charge in [-0.2, -0.15) is 0 Å². The Morgan fingerprint density at radius 2 is 1.13 bits per heavy atom. The zero-order valence-corrected chi connectivity index (χ0v) is 18.2. The molecule has 6 nitrogen and oxygen atoms in total. The van der Waals surface area contributed by atoms with Crippen LogP contribution >= 0.6 is 22.7 Å². The molecule has 4 rings (SSSR count). The van der Waals surface area contributed by atoms with E-state index in [1.807, 2.05) is 0 Å². The SMILES string of the molecule is COc1ccc2cc(C(=O)CC(=O)c3cc4ccc(OC)cc4sc3=O)c(=O)sc2c1. The highest BCUT2D eigenvalue weighted by Crippen LogP contribution is 2.25. The van der Waals surface area contributed by atoms with Crippen molar-refractivity contribution in [2.24, 2.45) is 0 Å². The normalized spacial score (nSPS) is 10.9. The van der Waals surface area contributed by atoms with Crippen molar-refractivity contribution in [3.05, 3.63) is 78.7 Å². The Labute approximate surface area is 184 Å². The van der Waals surface area contributed by atoms with E-state index in [2.05, 4.69) is 0 Å². The number of Topliss-reactive ketones (excluding diaryl/α,β-unsaturated/α-hetero) is 2. The van der Waals surface area contributed by atoms with Crippen LogP contribution in [0.15, 0.2) is 58.1 Å². The molecule has 156 valence electrons. The van der Waals surface area contributed by atoms with Gasteiger partial charge in [-0.25, -0.2) is 0 Å². The van der Waals surface area contributed by atoms with Gasteiger partial charge in [0.25, 0.3) is 0 Å². The molecule has 0 unspecified atom stereocenters. The van der Waals surface area contributed by atoms with E-state index in [0.717, 1.165) is 22.7 Å². The first-order chi connectivity index (χ1) is 14.9. The number of fused-ring (bicyclic) bond motifs is 2. The summed E-state index contributed by atoms with van der Waals surface area (Å²) in [6.45, 7) is 0. The lowest BCUT2D eigenvalue weighted by atomic mass is 10.0. The zero-order chi connectivity index (χ0) is 22.1. The fraction of sp³-hybridized carbons (Fsp3) is 0.130. The van der Waals surface area contributed by atoms with Crippen LogP contribution in [-0.2, 0) is 0 Å². The standard InChI is InChI=1S/C23H16O6S2/c1-28-14-5-3-12-7-16(22(26)30-20(12)9-14)18(24)11-19(25)17-8-13-4-6-15(29-2)10-21(13)31-23(17)27/h3-10H,11H2,1-2H3. The number of rotatable bonds is 6. The molecule has 2 heterocycles. The van der Waals surface area contributed by atoms with E-state index in [1.54, 1.807) is 36.4 Å². The van der Waals surface area contributed by atoms with Gasteiger partial charge >= 0.3 is 0 Å². The Kier molecular flexibility index (Phi) is 5.67. The third kappa shape index (κ3) is 4.12. The number of methoxy groups -OCH3 is 2. The first kappa shape index (κ1) is 20.9. The lowest BCUT2D eigenvalue weighted by molar-refractivity contribution is 0.0893. The van der Waals surface area contributed by atoms with Gasteiger partial charge in [-0.05, 0) is 59.3 Å². The predicted octanol–water partition coefficient (Wildman–Crippen LogP) is 4.31. The van der Waals surface area contributed by atoms with Crippen molar-refractivity contribution >= 4 is 54.4 Å². The summed E-state index contributed by atoms with van der Waals surface area (Å²) in [7, 11) is 3.06. The van der Waals surface area contributed by atoms with Gasteiger partial charge in [0.15, 0.2) is 11.6 Å². The molecule has 0 aliphatic heterocycles. The Bertz CT molecular complexity index is 1350. The molecule has 0 aliphatic carbocycles. The Balaban J connectivity index is 1.65. The maximum Gasteiger partial charge on any atom is 0.243 e. The summed E-state index contributed by atoms with van der Waals surface area (Å²) in [5, 5.41) is 1.40. The molecule has 0 spiro atoms. The lowest BCUT2D eigenvalue weighted by Gasteiger charge is -2.05. The van der Waals surface area contributed by atoms with Crippen molar-refractivity contribution in [3.63, 3.8) is 0 Å². The molecule has 0 bridgehead atoms. The summed E-state index contributed by atoms with van der Waals surface area (Å²) in [5.41, 5.74) is -0.115. The quantitative estimate of drug-likeness (QED) is 0.320. The summed E-state index contributed by atoms with van der Waals surface area (Å²) in [6, 6.07) is 13.4. The summed E-state index contributed by atoms with van der Waals surface area (Å²) in [6.07, 6.45) is -0.548. The fourth-order valence-electron chi connectivity index (χ4n) is 3.16. The highest BCUT2D eigenvalue weighted by molar-refractivity contribution is 7.16. The number of carbonyl (C=O) groups excluding carboxylic acids is 2. The van der Waals surface area contributed by atoms with E-state index < -0.39 is 27.5 Å². The topological polar surface area (TPSA) is 86.7 Å². The first-order valence-electron chi connectivity index (χ1n) is 9.20. The van der Waals surface area contributed by atoms with Crippen LogP contribution in [0.2, 0.25) is 0 Å². The Hall–Kier alpha value is -3.36. The minimum atomic E-state index is -0.608. The highest BCUT2D eigenvalue weighted by Gasteiger charge is 2.20. The van der Waals surface area contributed by atoms with Crippen LogP contribution in [0.1, 0.15) is 27.1 Å². The second-order valence-corrected chi connectivity index (χ2v) is 8.76. The molecule has 0 saturated carbocycles. The third-order valence-electron chi connectivity index (χ3n) is 4.81. The van der Waals surface area contributed by atoms with Crippen molar-refractivity contribution in [2.45, 2.75) is 6.42 Å². The molecule has 0 atom stereocenters. The van der Waals surface area contributed by atoms with E-state index in [4.69, 9.17) is 9.47 Å². The number of hydrogen-bond acceptors (Lipinski definition) is 8. The van der Waals surface area contributed by atoms with E-state index in [0.29, 0.717) is 31.7 Å². The molecule has 4 aromatic rings. The average molecular weight is 453 g/mol. The molecule has 0 aliphatic rings. The molecule has 0 radical (unpaired) electrons. The van der Waals surface area contributed by atoms with Crippen molar-refractivity contribution in [3.8, 4) is 11.5 Å². The molecule has 2 aromatic carbocycles. The van der Waals surface area contributed by atoms with Crippen LogP contribution in [0.25, 0.3) is 20.2 Å². The van der Waals surface area contributed by atoms with Crippen LogP contribution in [0, 0.1) is 0 Å². The van der Waals surface area contributed by atoms with Crippen LogP contribution in [0.5, 0.6) is 11.5 Å². The third-order valence-corrected chi connectivity index (χ3v) is 6.77. The minimum Gasteiger partial charge on any atom is -0.497 e. The Morgan fingerprint density at radius 1 is 0.710 bits per heavy atom. The van der Waals surface area contributed by atoms with Crippen LogP contribution in [-0.4, -0.2) is 25.8 Å². The maximum atomic E-state index is 12.7. The van der Waals surface area contributed by atoms with E-state index in [9.17, 15) is 19.2 Å². The van der Waals surface area contributed by atoms with Gasteiger partial charge in [-0.3, -0.25) is 19.2 Å². The second kappa shape index (κ2) is 8.41. The molecule has 0 N–H and O–H groups in total. The van der Waals surface area contributed by atoms with Crippen molar-refractivity contribution < 1.29 is 19.1 Å². The monoisotopic (exact) mass is 452 g/mol. The molecule has 0 fully saturated rings. The summed E-state index contributed by atoms with van der Waals surface area (Å²) in [4.78, 5) is 50.4. The molecular formula is C23H16O6S2. The number of benzene rings is 2. The first-order valence-corrected chi connectivity index (χ1v) is 10.8. The summed E-state index contributed by atoms with van der Waals surface area (Å²) in [5.74, 6) is -0.00232. The van der Waals surface area contributed by atoms with Gasteiger partial charge in [0, 0.05) is 9.40 Å². The largest absolute Gasteiger partial charge is 0.497 e. The van der Waals surface area contributed by atoms with Crippen molar-refractivity contribution in [2.75, 3.05) is 14.2 Å². The molecular weight excluding hydrogens is 436 g/mol. The highest BCUT2D eigenvalue weighted by atomic mass is 32.1. The molecule has 0 saturated heterocycles. The van der Waals surface area contributed by atoms with Gasteiger partial charge in [-0.15, -0.1) is 0 Å². The predicted molar refractivity (Wildman–Crippen MR) is 123 cm³/mol. The van der Waals surface area contributed by atoms with E-state index in [-0.39, 0.29) is 11.1 Å². The average Bonchev–Trinajstić information content (AvgIpc) is 2.77. The smallest absolute Gasteiger partial charge is 0.243 e. The molecule has 31 heavy (non-hydrogen) atoms. The summed E-state index contributed by atoms with van der Waals surface area (Å²) < 4.78 is 10.8. The van der Waals surface area contributed by atoms with E-state index in [1.165, 1.54) is 26.4 Å². The maximum absolute atomic E-state index is 12.7. The zero-order valence-electron chi connectivity index (χ0n) is 16.6. The summed E-state index contributed by atoms with van der Waals surface area (Å²) >= 11 is 1.84. The number of hydrogen-bond donors (Lipinski definition) is 0. The van der Waals surface area contributed by atoms with Gasteiger partial charge < -0.3 is 9.47 Å². The van der Waals surface area contributed by atoms with E-state index >= 15 is 0 Å². The van der Waals surface area contributed by atoms with Gasteiger partial charge in [0.2, 0.25) is 9.48 Å². The number of carbonyl (C=O) groups is 2. The van der Waals surface area contributed by atoms with Crippen molar-refractivity contribution in [1.29, 1.82) is 0 Å². The van der Waals surface area contributed by atoms with Crippen molar-refractivity contribution in [1.82, 2.24) is 0 Å². The van der Waals surface area contributed by atoms with Crippen LogP contribution < -0.4 is 19.0 Å². The Morgan fingerprint density at radius 3 is 1.52 bits per heavy atom. The minimum absolute atomic E-state index is 0.0577. The van der Waals surface area contributed by atoms with Crippen LogP contribution in [0.3, 0.4) is 0 Å². The number of ketones is 2. The molecule has 8 heteroatoms.